The van der Waals surface area contributed by atoms with E-state index >= 15 is 0 Å². The van der Waals surface area contributed by atoms with Gasteiger partial charge in [-0.3, -0.25) is 9.59 Å². The van der Waals surface area contributed by atoms with Crippen LogP contribution in [0.25, 0.3) is 0 Å². The van der Waals surface area contributed by atoms with Crippen LogP contribution in [-0.4, -0.2) is 30.9 Å². The number of carbonyl (C=O) groups is 2. The zero-order chi connectivity index (χ0) is 15.4. The summed E-state index contributed by atoms with van der Waals surface area (Å²) in [4.78, 5) is 22.9. The molecule has 0 aromatic heterocycles. The van der Waals surface area contributed by atoms with Gasteiger partial charge in [0.15, 0.2) is 0 Å². The summed E-state index contributed by atoms with van der Waals surface area (Å²) < 4.78 is 27.4. The minimum atomic E-state index is -0.809. The van der Waals surface area contributed by atoms with Gasteiger partial charge in [0.2, 0.25) is 5.91 Å². The van der Waals surface area contributed by atoms with E-state index in [1.165, 1.54) is 0 Å². The van der Waals surface area contributed by atoms with Gasteiger partial charge in [-0.15, -0.1) is 0 Å². The van der Waals surface area contributed by atoms with Gasteiger partial charge in [-0.1, -0.05) is 0 Å². The Balaban J connectivity index is 2.00. The van der Waals surface area contributed by atoms with Gasteiger partial charge in [0.1, 0.15) is 17.3 Å². The first-order valence-corrected chi connectivity index (χ1v) is 6.81. The predicted octanol–water partition coefficient (Wildman–Crippen LogP) is 1.40. The fourth-order valence-electron chi connectivity index (χ4n) is 2.20. The summed E-state index contributed by atoms with van der Waals surface area (Å²) in [5.41, 5.74) is -0.326. The van der Waals surface area contributed by atoms with Crippen molar-refractivity contribution in [2.75, 3.05) is 18.4 Å². The van der Waals surface area contributed by atoms with Gasteiger partial charge in [-0.2, -0.15) is 0 Å². The number of benzene rings is 1. The molecule has 2 amide bonds. The average Bonchev–Trinajstić information content (AvgIpc) is 2.85. The number of hydrogen-bond acceptors (Lipinski definition) is 3. The minimum absolute atomic E-state index is 0.0543. The van der Waals surface area contributed by atoms with E-state index in [1.54, 1.807) is 6.92 Å². The molecular formula is C14H17F2N3O2. The van der Waals surface area contributed by atoms with E-state index in [1.807, 2.05) is 0 Å². The summed E-state index contributed by atoms with van der Waals surface area (Å²) in [7, 11) is 0. The lowest BCUT2D eigenvalue weighted by molar-refractivity contribution is -0.119. The Hall–Kier alpha value is -2.18. The largest absolute Gasteiger partial charge is 0.381 e. The van der Waals surface area contributed by atoms with Crippen LogP contribution in [0, 0.1) is 11.6 Å². The molecule has 0 saturated carbocycles. The first-order valence-electron chi connectivity index (χ1n) is 6.81. The smallest absolute Gasteiger partial charge is 0.251 e. The molecular weight excluding hydrogens is 280 g/mol. The third-order valence-corrected chi connectivity index (χ3v) is 3.25. The zero-order valence-corrected chi connectivity index (χ0v) is 11.6. The van der Waals surface area contributed by atoms with E-state index < -0.39 is 17.5 Å². The second kappa shape index (κ2) is 6.51. The molecule has 3 N–H and O–H groups in total. The summed E-state index contributed by atoms with van der Waals surface area (Å²) in [5, 5.41) is 7.82. The van der Waals surface area contributed by atoms with Crippen LogP contribution < -0.4 is 16.0 Å². The average molecular weight is 297 g/mol. The predicted molar refractivity (Wildman–Crippen MR) is 74.0 cm³/mol. The van der Waals surface area contributed by atoms with Crippen LogP contribution in [-0.2, 0) is 4.79 Å². The molecule has 1 aliphatic rings. The summed E-state index contributed by atoms with van der Waals surface area (Å²) in [6.45, 7) is 2.33. The van der Waals surface area contributed by atoms with Crippen molar-refractivity contribution in [1.29, 1.82) is 0 Å². The maximum absolute atomic E-state index is 13.7. The van der Waals surface area contributed by atoms with Crippen LogP contribution >= 0.6 is 0 Å². The molecule has 1 aromatic carbocycles. The van der Waals surface area contributed by atoms with Crippen LogP contribution in [0.5, 0.6) is 0 Å². The number of hydrogen-bond donors (Lipinski definition) is 3. The molecule has 0 radical (unpaired) electrons. The highest BCUT2D eigenvalue weighted by Crippen LogP contribution is 2.20. The topological polar surface area (TPSA) is 70.2 Å². The number of halogens is 2. The maximum Gasteiger partial charge on any atom is 0.251 e. The van der Waals surface area contributed by atoms with Crippen LogP contribution in [0.1, 0.15) is 30.1 Å². The van der Waals surface area contributed by atoms with Crippen molar-refractivity contribution >= 4 is 17.5 Å². The van der Waals surface area contributed by atoms with Crippen molar-refractivity contribution < 1.29 is 18.4 Å². The van der Waals surface area contributed by atoms with E-state index in [0.29, 0.717) is 19.4 Å². The second-order valence-corrected chi connectivity index (χ2v) is 4.86. The third kappa shape index (κ3) is 3.68. The molecule has 1 unspecified atom stereocenters. The van der Waals surface area contributed by atoms with Gasteiger partial charge in [-0.05, 0) is 25.5 Å². The maximum atomic E-state index is 13.7. The zero-order valence-electron chi connectivity index (χ0n) is 11.6. The summed E-state index contributed by atoms with van der Waals surface area (Å²) in [6, 6.07) is 1.85. The lowest BCUT2D eigenvalue weighted by Gasteiger charge is -2.12. The normalized spacial score (nSPS) is 17.5. The Kier molecular flexibility index (Phi) is 4.72. The standard InChI is InChI=1S/C14H17F2N3O2/c1-2-17-13-10(15)5-8(6-11(13)16)14(21)18-7-9-3-4-12(20)19-9/h5-6,9,17H,2-4,7H2,1H3,(H,18,21)(H,19,20). The molecule has 1 heterocycles. The number of carbonyl (C=O) groups excluding carboxylic acids is 2. The lowest BCUT2D eigenvalue weighted by atomic mass is 10.1. The number of rotatable bonds is 5. The monoisotopic (exact) mass is 297 g/mol. The van der Waals surface area contributed by atoms with E-state index in [2.05, 4.69) is 16.0 Å². The SMILES string of the molecule is CCNc1c(F)cc(C(=O)NCC2CCC(=O)N2)cc1F. The Bertz CT molecular complexity index is 540. The van der Waals surface area contributed by atoms with Gasteiger partial charge in [-0.25, -0.2) is 8.78 Å². The molecule has 0 aliphatic carbocycles. The Morgan fingerprint density at radius 3 is 2.57 bits per heavy atom. The van der Waals surface area contributed by atoms with E-state index in [4.69, 9.17) is 0 Å². The number of nitrogens with one attached hydrogen (secondary N) is 3. The molecule has 2 rings (SSSR count). The highest BCUT2D eigenvalue weighted by molar-refractivity contribution is 5.94. The summed E-state index contributed by atoms with van der Waals surface area (Å²) >= 11 is 0. The second-order valence-electron chi connectivity index (χ2n) is 4.86. The fourth-order valence-corrected chi connectivity index (χ4v) is 2.20. The molecule has 7 heteroatoms. The molecule has 21 heavy (non-hydrogen) atoms. The molecule has 0 spiro atoms. The highest BCUT2D eigenvalue weighted by Gasteiger charge is 2.21. The molecule has 1 fully saturated rings. The van der Waals surface area contributed by atoms with Crippen molar-refractivity contribution in [3.63, 3.8) is 0 Å². The first kappa shape index (κ1) is 15.2. The Morgan fingerprint density at radius 2 is 2.05 bits per heavy atom. The van der Waals surface area contributed by atoms with E-state index in [-0.39, 0.29) is 29.7 Å². The number of amides is 2. The van der Waals surface area contributed by atoms with Crippen LogP contribution in [0.3, 0.4) is 0 Å². The van der Waals surface area contributed by atoms with Crippen molar-refractivity contribution in [2.45, 2.75) is 25.8 Å². The minimum Gasteiger partial charge on any atom is -0.381 e. The summed E-state index contributed by atoms with van der Waals surface area (Å²) in [6.07, 6.45) is 1.07. The van der Waals surface area contributed by atoms with Crippen molar-refractivity contribution in [3.8, 4) is 0 Å². The molecule has 1 aromatic rings. The fraction of sp³-hybridized carbons (Fsp3) is 0.429. The van der Waals surface area contributed by atoms with Gasteiger partial charge in [0, 0.05) is 31.1 Å². The van der Waals surface area contributed by atoms with Crippen molar-refractivity contribution in [3.05, 3.63) is 29.3 Å². The third-order valence-electron chi connectivity index (χ3n) is 3.25. The van der Waals surface area contributed by atoms with Gasteiger partial charge in [0.25, 0.3) is 5.91 Å². The van der Waals surface area contributed by atoms with Gasteiger partial charge < -0.3 is 16.0 Å². The van der Waals surface area contributed by atoms with Crippen molar-refractivity contribution in [1.82, 2.24) is 10.6 Å². The van der Waals surface area contributed by atoms with Crippen molar-refractivity contribution in [2.24, 2.45) is 0 Å². The lowest BCUT2D eigenvalue weighted by Crippen LogP contribution is -2.38. The molecule has 0 bridgehead atoms. The molecule has 5 nitrogen and oxygen atoms in total. The van der Waals surface area contributed by atoms with Crippen LogP contribution in [0.4, 0.5) is 14.5 Å². The van der Waals surface area contributed by atoms with Crippen LogP contribution in [0.2, 0.25) is 0 Å². The van der Waals surface area contributed by atoms with E-state index in [0.717, 1.165) is 12.1 Å². The summed E-state index contributed by atoms with van der Waals surface area (Å²) in [5.74, 6) is -2.24. The van der Waals surface area contributed by atoms with Crippen LogP contribution in [0.15, 0.2) is 12.1 Å². The van der Waals surface area contributed by atoms with Gasteiger partial charge >= 0.3 is 0 Å². The first-order chi connectivity index (χ1) is 10.0. The molecule has 1 saturated heterocycles. The number of anilines is 1. The Morgan fingerprint density at radius 1 is 1.38 bits per heavy atom. The molecule has 1 atom stereocenters. The highest BCUT2D eigenvalue weighted by atomic mass is 19.1. The quantitative estimate of drug-likeness (QED) is 0.769. The van der Waals surface area contributed by atoms with Gasteiger partial charge in [0.05, 0.1) is 0 Å². The molecule has 1 aliphatic heterocycles. The molecule has 114 valence electrons. The van der Waals surface area contributed by atoms with E-state index in [9.17, 15) is 18.4 Å². The Labute approximate surface area is 121 Å².